The highest BCUT2D eigenvalue weighted by molar-refractivity contribution is 6.24. The maximum Gasteiger partial charge on any atom is 0.266 e. The quantitative estimate of drug-likeness (QED) is 0.0527. The normalized spacial score (nSPS) is 19.3. The summed E-state index contributed by atoms with van der Waals surface area (Å²) in [5.74, 6) is -1.22. The monoisotopic (exact) mass is 918 g/mol. The van der Waals surface area contributed by atoms with Gasteiger partial charge in [0.05, 0.1) is 73.8 Å². The van der Waals surface area contributed by atoms with Crippen LogP contribution in [-0.2, 0) is 33.3 Å². The fourth-order valence-corrected chi connectivity index (χ4v) is 8.59. The zero-order valence-corrected chi connectivity index (χ0v) is 37.2. The Morgan fingerprint density at radius 1 is 0.821 bits per heavy atom. The van der Waals surface area contributed by atoms with E-state index in [4.69, 9.17) is 23.7 Å². The van der Waals surface area contributed by atoms with E-state index in [2.05, 4.69) is 31.8 Å². The van der Waals surface area contributed by atoms with Crippen LogP contribution in [0.3, 0.4) is 0 Å². The van der Waals surface area contributed by atoms with Gasteiger partial charge >= 0.3 is 0 Å². The van der Waals surface area contributed by atoms with E-state index in [0.29, 0.717) is 106 Å². The molecular formula is C48H54N8O11. The second kappa shape index (κ2) is 22.4. The number of nitrogens with one attached hydrogen (secondary N) is 2. The smallest absolute Gasteiger partial charge is 0.266 e. The highest BCUT2D eigenvalue weighted by Crippen LogP contribution is 2.36. The molecular weight excluding hydrogens is 865 g/mol. The first-order chi connectivity index (χ1) is 32.7. The Labute approximate surface area is 386 Å². The Morgan fingerprint density at radius 3 is 2.28 bits per heavy atom. The first-order valence-electron chi connectivity index (χ1n) is 23.0. The van der Waals surface area contributed by atoms with Crippen LogP contribution in [0, 0.1) is 23.2 Å². The average molecular weight is 919 g/mol. The van der Waals surface area contributed by atoms with Gasteiger partial charge in [0, 0.05) is 62.4 Å². The van der Waals surface area contributed by atoms with Crippen molar-refractivity contribution in [3.8, 4) is 17.6 Å². The predicted molar refractivity (Wildman–Crippen MR) is 239 cm³/mol. The summed E-state index contributed by atoms with van der Waals surface area (Å²) in [5.41, 5.74) is 2.50. The Balaban J connectivity index is 0.633. The molecule has 352 valence electrons. The van der Waals surface area contributed by atoms with E-state index >= 15 is 0 Å². The number of rotatable bonds is 25. The summed E-state index contributed by atoms with van der Waals surface area (Å²) < 4.78 is 30.0. The lowest BCUT2D eigenvalue weighted by Gasteiger charge is -2.28. The SMILES string of the molecule is N#Cc1cnc2c(cnn2-c2cc(NC3CC3)c(C(=O)CC3CCC(COCCOCCOCCOCCCC(=O)COc4cccc5c4C(=O)N(C4CCC(=O)NC4=O)C5=O)CC3)cn2)c1. The highest BCUT2D eigenvalue weighted by atomic mass is 16.6. The van der Waals surface area contributed by atoms with Crippen molar-refractivity contribution < 1.29 is 52.5 Å². The Bertz CT molecular complexity index is 2530. The molecule has 67 heavy (non-hydrogen) atoms. The zero-order chi connectivity index (χ0) is 46.7. The van der Waals surface area contributed by atoms with Gasteiger partial charge < -0.3 is 29.0 Å². The van der Waals surface area contributed by atoms with Crippen LogP contribution >= 0.6 is 0 Å². The van der Waals surface area contributed by atoms with Crippen molar-refractivity contribution in [3.63, 3.8) is 0 Å². The number of Topliss-reactive ketones (excluding diaryl/α,β-unsaturated/α-hetero) is 2. The van der Waals surface area contributed by atoms with Crippen molar-refractivity contribution in [3.05, 3.63) is 71.2 Å². The number of nitriles is 1. The topological polar surface area (TPSA) is 243 Å². The molecule has 4 aromatic rings. The van der Waals surface area contributed by atoms with Gasteiger partial charge in [-0.1, -0.05) is 6.07 Å². The molecule has 1 atom stereocenters. The number of aromatic nitrogens is 4. The number of nitrogens with zero attached hydrogens (tertiary/aromatic N) is 6. The molecule has 4 aliphatic rings. The van der Waals surface area contributed by atoms with E-state index in [1.54, 1.807) is 29.2 Å². The molecule has 8 rings (SSSR count). The molecule has 19 nitrogen and oxygen atoms in total. The zero-order valence-electron chi connectivity index (χ0n) is 37.2. The van der Waals surface area contributed by atoms with Gasteiger partial charge in [0.1, 0.15) is 24.5 Å². The van der Waals surface area contributed by atoms with E-state index in [-0.39, 0.29) is 54.3 Å². The first kappa shape index (κ1) is 47.0. The van der Waals surface area contributed by atoms with Crippen molar-refractivity contribution in [2.45, 2.75) is 82.7 Å². The van der Waals surface area contributed by atoms with E-state index in [0.717, 1.165) is 54.5 Å². The lowest BCUT2D eigenvalue weighted by Crippen LogP contribution is -2.54. The molecule has 2 saturated carbocycles. The van der Waals surface area contributed by atoms with Crippen LogP contribution < -0.4 is 15.4 Å². The number of carbonyl (C=O) groups is 6. The van der Waals surface area contributed by atoms with Crippen LogP contribution in [0.4, 0.5) is 5.69 Å². The summed E-state index contributed by atoms with van der Waals surface area (Å²) in [5, 5.41) is 20.1. The Hall–Kier alpha value is -6.46. The van der Waals surface area contributed by atoms with Crippen LogP contribution in [0.15, 0.2) is 48.9 Å². The third kappa shape index (κ3) is 11.9. The number of carbonyl (C=O) groups excluding carboxylic acids is 6. The van der Waals surface area contributed by atoms with Gasteiger partial charge in [0.2, 0.25) is 11.8 Å². The van der Waals surface area contributed by atoms with Crippen LogP contribution in [0.1, 0.15) is 107 Å². The van der Waals surface area contributed by atoms with Crippen molar-refractivity contribution in [2.75, 3.05) is 64.8 Å². The number of amides is 4. The molecule has 1 aromatic carbocycles. The molecule has 1 unspecified atom stereocenters. The number of fused-ring (bicyclic) bond motifs is 2. The van der Waals surface area contributed by atoms with Crippen LogP contribution in [0.5, 0.6) is 5.75 Å². The standard InChI is InChI=1S/C48H54N8O11/c49-24-32-21-33-26-52-56(45(33)51-25-32)42-23-38(53-34-10-11-34)37(27-50-42)40(58)22-30-6-8-31(9-7-30)28-66-20-19-65-18-17-64-16-15-63-14-2-3-35(57)29-67-41-5-1-4-36-44(41)48(62)55(47(36)61)39-12-13-43(59)54-46(39)60/h1,4-5,21,23,25-27,30-31,34,39H,2-3,6-20,22,28-29H2,(H,50,53)(H,54,59,60). The minimum atomic E-state index is -1.09. The van der Waals surface area contributed by atoms with Crippen LogP contribution in [-0.4, -0.2) is 131 Å². The number of ketones is 2. The van der Waals surface area contributed by atoms with E-state index in [1.165, 1.54) is 18.3 Å². The van der Waals surface area contributed by atoms with E-state index in [9.17, 15) is 34.0 Å². The lowest BCUT2D eigenvalue weighted by molar-refractivity contribution is -0.136. The molecule has 1 saturated heterocycles. The van der Waals surface area contributed by atoms with Gasteiger partial charge in [-0.3, -0.25) is 39.0 Å². The van der Waals surface area contributed by atoms with Gasteiger partial charge in [-0.05, 0) is 81.4 Å². The summed E-state index contributed by atoms with van der Waals surface area (Å²) in [6.45, 7) is 3.23. The first-order valence-corrected chi connectivity index (χ1v) is 23.0. The van der Waals surface area contributed by atoms with Gasteiger partial charge in [-0.25, -0.2) is 9.97 Å². The van der Waals surface area contributed by atoms with Gasteiger partial charge in [-0.2, -0.15) is 15.0 Å². The van der Waals surface area contributed by atoms with E-state index < -0.39 is 29.7 Å². The average Bonchev–Trinajstić information content (AvgIpc) is 3.99. The number of hydrogen-bond acceptors (Lipinski definition) is 16. The summed E-state index contributed by atoms with van der Waals surface area (Å²) in [6, 6.07) is 9.46. The van der Waals surface area contributed by atoms with Crippen molar-refractivity contribution in [2.24, 2.45) is 11.8 Å². The number of piperidine rings is 1. The van der Waals surface area contributed by atoms with Gasteiger partial charge in [0.15, 0.2) is 23.0 Å². The molecule has 3 fully saturated rings. The van der Waals surface area contributed by atoms with Crippen molar-refractivity contribution >= 4 is 51.9 Å². The number of hydrogen-bond donors (Lipinski definition) is 2. The predicted octanol–water partition coefficient (Wildman–Crippen LogP) is 4.54. The summed E-state index contributed by atoms with van der Waals surface area (Å²) in [7, 11) is 0. The van der Waals surface area contributed by atoms with Gasteiger partial charge in [0.25, 0.3) is 11.8 Å². The number of imide groups is 2. The molecule has 19 heteroatoms. The molecule has 0 spiro atoms. The molecule has 2 aliphatic heterocycles. The third-order valence-electron chi connectivity index (χ3n) is 12.4. The number of anilines is 1. The molecule has 0 radical (unpaired) electrons. The summed E-state index contributed by atoms with van der Waals surface area (Å²) >= 11 is 0. The number of benzene rings is 1. The molecule has 4 amide bonds. The molecule has 5 heterocycles. The highest BCUT2D eigenvalue weighted by Gasteiger charge is 2.46. The fraction of sp³-hybridized carbons (Fsp3) is 0.500. The van der Waals surface area contributed by atoms with Crippen molar-refractivity contribution in [1.29, 1.82) is 5.26 Å². The van der Waals surface area contributed by atoms with Crippen LogP contribution in [0.25, 0.3) is 16.9 Å². The maximum atomic E-state index is 13.6. The minimum Gasteiger partial charge on any atom is -0.485 e. The maximum absolute atomic E-state index is 13.6. The summed E-state index contributed by atoms with van der Waals surface area (Å²) in [4.78, 5) is 86.1. The number of pyridine rings is 2. The molecule has 2 aliphatic carbocycles. The largest absolute Gasteiger partial charge is 0.485 e. The molecule has 0 bridgehead atoms. The second-order valence-electron chi connectivity index (χ2n) is 17.3. The van der Waals surface area contributed by atoms with Crippen LogP contribution in [0.2, 0.25) is 0 Å². The summed E-state index contributed by atoms with van der Waals surface area (Å²) in [6.07, 6.45) is 12.1. The molecule has 3 aromatic heterocycles. The minimum absolute atomic E-state index is 0.00270. The number of ether oxygens (including phenoxy) is 5. The third-order valence-corrected chi connectivity index (χ3v) is 12.4. The van der Waals surface area contributed by atoms with E-state index in [1.807, 2.05) is 6.07 Å². The van der Waals surface area contributed by atoms with Gasteiger partial charge in [-0.15, -0.1) is 0 Å². The fourth-order valence-electron chi connectivity index (χ4n) is 8.59. The lowest BCUT2D eigenvalue weighted by atomic mass is 9.79. The molecule has 2 N–H and O–H groups in total. The van der Waals surface area contributed by atoms with Crippen molar-refractivity contribution in [1.82, 2.24) is 30.0 Å². The second-order valence-corrected chi connectivity index (χ2v) is 17.3. The Morgan fingerprint density at radius 2 is 1.55 bits per heavy atom. The Kier molecular flexibility index (Phi) is 15.7.